The first-order valence-electron chi connectivity index (χ1n) is 9.30. The fourth-order valence-electron chi connectivity index (χ4n) is 3.19. The summed E-state index contributed by atoms with van der Waals surface area (Å²) in [7, 11) is 1.82. The van der Waals surface area contributed by atoms with E-state index in [2.05, 4.69) is 20.3 Å². The number of aromatic nitrogens is 3. The standard InChI is InChI=1S/C22H21N5OS/c1-15-18-20(24-12-17-10-6-7-11-23-17)25-14-26-21(18)29-19(15)22(28)27(2)13-16-8-4-3-5-9-16/h3-11,14H,12-13H2,1-2H3,(H,24,25,26). The molecule has 0 saturated carbocycles. The third kappa shape index (κ3) is 4.09. The SMILES string of the molecule is Cc1c(C(=O)N(C)Cc2ccccc2)sc2ncnc(NCc3ccccn3)c12. The molecule has 0 radical (unpaired) electrons. The van der Waals surface area contributed by atoms with Crippen molar-refractivity contribution in [2.24, 2.45) is 0 Å². The molecule has 0 bridgehead atoms. The van der Waals surface area contributed by atoms with Crippen LogP contribution in [0.15, 0.2) is 61.1 Å². The predicted octanol–water partition coefficient (Wildman–Crippen LogP) is 4.28. The fourth-order valence-corrected chi connectivity index (χ4v) is 4.33. The zero-order chi connectivity index (χ0) is 20.2. The van der Waals surface area contributed by atoms with Gasteiger partial charge in [0.25, 0.3) is 5.91 Å². The summed E-state index contributed by atoms with van der Waals surface area (Å²) in [5.41, 5.74) is 2.92. The molecule has 29 heavy (non-hydrogen) atoms. The van der Waals surface area contributed by atoms with E-state index >= 15 is 0 Å². The lowest BCUT2D eigenvalue weighted by Gasteiger charge is -2.17. The van der Waals surface area contributed by atoms with E-state index in [1.807, 2.05) is 62.5 Å². The highest BCUT2D eigenvalue weighted by atomic mass is 32.1. The maximum absolute atomic E-state index is 13.1. The normalized spacial score (nSPS) is 10.8. The number of amides is 1. The Morgan fingerprint density at radius 2 is 1.86 bits per heavy atom. The van der Waals surface area contributed by atoms with Gasteiger partial charge >= 0.3 is 0 Å². The molecule has 0 aliphatic rings. The van der Waals surface area contributed by atoms with Crippen LogP contribution in [-0.4, -0.2) is 32.8 Å². The molecule has 3 aromatic heterocycles. The number of carbonyl (C=O) groups excluding carboxylic acids is 1. The van der Waals surface area contributed by atoms with Gasteiger partial charge in [0, 0.05) is 19.8 Å². The second-order valence-electron chi connectivity index (χ2n) is 6.78. The van der Waals surface area contributed by atoms with Gasteiger partial charge in [0.15, 0.2) is 0 Å². The summed E-state index contributed by atoms with van der Waals surface area (Å²) >= 11 is 1.41. The number of benzene rings is 1. The first-order chi connectivity index (χ1) is 14.1. The number of nitrogens with one attached hydrogen (secondary N) is 1. The molecule has 0 unspecified atom stereocenters. The van der Waals surface area contributed by atoms with E-state index in [1.165, 1.54) is 17.7 Å². The van der Waals surface area contributed by atoms with Crippen molar-refractivity contribution in [2.75, 3.05) is 12.4 Å². The van der Waals surface area contributed by atoms with Gasteiger partial charge in [-0.2, -0.15) is 0 Å². The van der Waals surface area contributed by atoms with Gasteiger partial charge in [-0.15, -0.1) is 11.3 Å². The molecule has 0 atom stereocenters. The third-order valence-electron chi connectivity index (χ3n) is 4.69. The summed E-state index contributed by atoms with van der Waals surface area (Å²) in [6, 6.07) is 15.8. The minimum absolute atomic E-state index is 0.00923. The fraction of sp³-hybridized carbons (Fsp3) is 0.182. The molecule has 7 heteroatoms. The van der Waals surface area contributed by atoms with Gasteiger partial charge in [-0.25, -0.2) is 9.97 Å². The smallest absolute Gasteiger partial charge is 0.264 e. The van der Waals surface area contributed by atoms with Crippen molar-refractivity contribution in [3.05, 3.63) is 82.8 Å². The number of fused-ring (bicyclic) bond motifs is 1. The number of aryl methyl sites for hydroxylation is 1. The van der Waals surface area contributed by atoms with Gasteiger partial charge in [-0.1, -0.05) is 36.4 Å². The second kappa shape index (κ2) is 8.36. The number of thiophene rings is 1. The van der Waals surface area contributed by atoms with E-state index in [1.54, 1.807) is 11.1 Å². The van der Waals surface area contributed by atoms with Crippen molar-refractivity contribution in [1.29, 1.82) is 0 Å². The lowest BCUT2D eigenvalue weighted by atomic mass is 10.1. The van der Waals surface area contributed by atoms with E-state index in [-0.39, 0.29) is 5.91 Å². The van der Waals surface area contributed by atoms with Crippen molar-refractivity contribution in [3.63, 3.8) is 0 Å². The topological polar surface area (TPSA) is 71.0 Å². The van der Waals surface area contributed by atoms with E-state index < -0.39 is 0 Å². The Morgan fingerprint density at radius 1 is 1.07 bits per heavy atom. The molecule has 0 fully saturated rings. The summed E-state index contributed by atoms with van der Waals surface area (Å²) in [6.45, 7) is 3.07. The molecule has 1 aromatic carbocycles. The zero-order valence-electron chi connectivity index (χ0n) is 16.3. The number of nitrogens with zero attached hydrogens (tertiary/aromatic N) is 4. The summed E-state index contributed by atoms with van der Waals surface area (Å²) in [5, 5.41) is 4.23. The Kier molecular flexibility index (Phi) is 5.48. The Morgan fingerprint density at radius 3 is 2.62 bits per heavy atom. The van der Waals surface area contributed by atoms with Gasteiger partial charge < -0.3 is 10.2 Å². The van der Waals surface area contributed by atoms with Gasteiger partial charge in [0.2, 0.25) is 0 Å². The molecule has 4 rings (SSSR count). The van der Waals surface area contributed by atoms with Gasteiger partial charge in [-0.3, -0.25) is 9.78 Å². The number of carbonyl (C=O) groups is 1. The highest BCUT2D eigenvalue weighted by Gasteiger charge is 2.22. The second-order valence-corrected chi connectivity index (χ2v) is 7.78. The molecule has 0 aliphatic carbocycles. The summed E-state index contributed by atoms with van der Waals surface area (Å²) < 4.78 is 0. The maximum Gasteiger partial charge on any atom is 0.264 e. The van der Waals surface area contributed by atoms with Crippen LogP contribution in [0, 0.1) is 6.92 Å². The van der Waals surface area contributed by atoms with Crippen LogP contribution in [0.1, 0.15) is 26.5 Å². The van der Waals surface area contributed by atoms with Crippen LogP contribution in [-0.2, 0) is 13.1 Å². The Bertz CT molecular complexity index is 1130. The summed E-state index contributed by atoms with van der Waals surface area (Å²) in [5.74, 6) is 0.712. The van der Waals surface area contributed by atoms with Crippen LogP contribution < -0.4 is 5.32 Å². The Hall–Kier alpha value is -3.32. The number of hydrogen-bond acceptors (Lipinski definition) is 6. The lowest BCUT2D eigenvalue weighted by molar-refractivity contribution is 0.0789. The molecule has 0 saturated heterocycles. The molecule has 0 aliphatic heterocycles. The molecular weight excluding hydrogens is 382 g/mol. The van der Waals surface area contributed by atoms with E-state index in [9.17, 15) is 4.79 Å². The van der Waals surface area contributed by atoms with Crippen LogP contribution in [0.5, 0.6) is 0 Å². The molecule has 1 N–H and O–H groups in total. The van der Waals surface area contributed by atoms with Gasteiger partial charge in [0.05, 0.1) is 22.5 Å². The molecule has 4 aromatic rings. The maximum atomic E-state index is 13.1. The van der Waals surface area contributed by atoms with E-state index in [0.29, 0.717) is 18.0 Å². The minimum atomic E-state index is -0.00923. The number of hydrogen-bond donors (Lipinski definition) is 1. The highest BCUT2D eigenvalue weighted by Crippen LogP contribution is 2.34. The van der Waals surface area contributed by atoms with Crippen molar-refractivity contribution >= 4 is 33.3 Å². The lowest BCUT2D eigenvalue weighted by Crippen LogP contribution is -2.25. The Balaban J connectivity index is 1.59. The van der Waals surface area contributed by atoms with Crippen molar-refractivity contribution in [1.82, 2.24) is 19.9 Å². The van der Waals surface area contributed by atoms with Crippen molar-refractivity contribution in [3.8, 4) is 0 Å². The molecule has 0 spiro atoms. The summed E-state index contributed by atoms with van der Waals surface area (Å²) in [4.78, 5) is 29.4. The predicted molar refractivity (Wildman–Crippen MR) is 116 cm³/mol. The number of anilines is 1. The number of pyridine rings is 1. The van der Waals surface area contributed by atoms with Crippen molar-refractivity contribution in [2.45, 2.75) is 20.0 Å². The first-order valence-corrected chi connectivity index (χ1v) is 10.1. The van der Waals surface area contributed by atoms with Gasteiger partial charge in [0.1, 0.15) is 17.0 Å². The largest absolute Gasteiger partial charge is 0.364 e. The van der Waals surface area contributed by atoms with E-state index in [4.69, 9.17) is 0 Å². The van der Waals surface area contributed by atoms with Crippen LogP contribution in [0.3, 0.4) is 0 Å². The zero-order valence-corrected chi connectivity index (χ0v) is 17.1. The van der Waals surface area contributed by atoms with Crippen LogP contribution >= 0.6 is 11.3 Å². The average Bonchev–Trinajstić information content (AvgIpc) is 3.10. The first kappa shape index (κ1) is 19.0. The van der Waals surface area contributed by atoms with E-state index in [0.717, 1.165) is 32.9 Å². The quantitative estimate of drug-likeness (QED) is 0.520. The van der Waals surface area contributed by atoms with Crippen LogP contribution in [0.4, 0.5) is 5.82 Å². The molecule has 6 nitrogen and oxygen atoms in total. The van der Waals surface area contributed by atoms with Gasteiger partial charge in [-0.05, 0) is 30.2 Å². The number of rotatable bonds is 6. The van der Waals surface area contributed by atoms with Crippen molar-refractivity contribution < 1.29 is 4.79 Å². The minimum Gasteiger partial charge on any atom is -0.364 e. The molecular formula is C22H21N5OS. The Labute approximate surface area is 173 Å². The third-order valence-corrected chi connectivity index (χ3v) is 5.88. The highest BCUT2D eigenvalue weighted by molar-refractivity contribution is 7.20. The average molecular weight is 404 g/mol. The van der Waals surface area contributed by atoms with Crippen LogP contribution in [0.2, 0.25) is 0 Å². The monoisotopic (exact) mass is 403 g/mol. The van der Waals surface area contributed by atoms with Crippen LogP contribution in [0.25, 0.3) is 10.2 Å². The molecule has 3 heterocycles. The molecule has 1 amide bonds. The molecule has 146 valence electrons. The summed E-state index contributed by atoms with van der Waals surface area (Å²) in [6.07, 6.45) is 3.29.